The topological polar surface area (TPSA) is 46.5 Å². The third-order valence-electron chi connectivity index (χ3n) is 3.49. The van der Waals surface area contributed by atoms with Gasteiger partial charge in [-0.1, -0.05) is 18.2 Å². The highest BCUT2D eigenvalue weighted by molar-refractivity contribution is 7.71. The lowest BCUT2D eigenvalue weighted by molar-refractivity contribution is 0.823. The second-order valence-electron chi connectivity index (χ2n) is 4.90. The van der Waals surface area contributed by atoms with Crippen molar-refractivity contribution in [1.82, 2.24) is 19.5 Å². The summed E-state index contributed by atoms with van der Waals surface area (Å²) in [6.07, 6.45) is 3.77. The van der Waals surface area contributed by atoms with Crippen LogP contribution in [-0.2, 0) is 6.54 Å². The maximum Gasteiger partial charge on any atom is 0.178 e. The van der Waals surface area contributed by atoms with E-state index in [2.05, 4.69) is 25.6 Å². The fourth-order valence-corrected chi connectivity index (χ4v) is 3.63. The molecule has 1 N–H and O–H groups in total. The molecular formula is C15H12N4S2. The third-order valence-corrected chi connectivity index (χ3v) is 4.71. The molecule has 21 heavy (non-hydrogen) atoms. The van der Waals surface area contributed by atoms with E-state index in [9.17, 15) is 0 Å². The SMILES string of the molecule is Cc1ncc(Cn2c(=S)[nH]c3cnc4ccccc4c32)s1. The maximum absolute atomic E-state index is 5.49. The summed E-state index contributed by atoms with van der Waals surface area (Å²) >= 11 is 7.19. The van der Waals surface area contributed by atoms with Crippen LogP contribution in [0.3, 0.4) is 0 Å². The molecule has 0 aliphatic rings. The number of aryl methyl sites for hydroxylation is 1. The number of benzene rings is 1. The molecular weight excluding hydrogens is 300 g/mol. The molecule has 0 amide bonds. The zero-order chi connectivity index (χ0) is 14.4. The first-order valence-corrected chi connectivity index (χ1v) is 7.82. The highest BCUT2D eigenvalue weighted by atomic mass is 32.1. The average Bonchev–Trinajstić information content (AvgIpc) is 3.03. The van der Waals surface area contributed by atoms with Crippen LogP contribution in [0, 0.1) is 11.7 Å². The summed E-state index contributed by atoms with van der Waals surface area (Å²) in [5.74, 6) is 0. The quantitative estimate of drug-likeness (QED) is 0.568. The molecule has 6 heteroatoms. The molecule has 0 spiro atoms. The molecule has 4 aromatic rings. The van der Waals surface area contributed by atoms with Gasteiger partial charge in [-0.3, -0.25) is 4.98 Å². The monoisotopic (exact) mass is 312 g/mol. The number of H-pyrrole nitrogens is 1. The van der Waals surface area contributed by atoms with Gasteiger partial charge in [-0.25, -0.2) is 4.98 Å². The van der Waals surface area contributed by atoms with Gasteiger partial charge >= 0.3 is 0 Å². The number of hydrogen-bond acceptors (Lipinski definition) is 4. The molecule has 3 heterocycles. The summed E-state index contributed by atoms with van der Waals surface area (Å²) < 4.78 is 2.84. The highest BCUT2D eigenvalue weighted by Gasteiger charge is 2.10. The molecule has 0 saturated heterocycles. The van der Waals surface area contributed by atoms with Gasteiger partial charge in [0.25, 0.3) is 0 Å². The molecule has 3 aromatic heterocycles. The Bertz CT molecular complexity index is 1010. The number of aromatic nitrogens is 4. The molecule has 104 valence electrons. The summed E-state index contributed by atoms with van der Waals surface area (Å²) in [6.45, 7) is 2.75. The first-order valence-electron chi connectivity index (χ1n) is 6.60. The second kappa shape index (κ2) is 4.75. The van der Waals surface area contributed by atoms with Gasteiger partial charge in [0, 0.05) is 16.5 Å². The predicted octanol–water partition coefficient (Wildman–Crippen LogP) is 4.06. The number of fused-ring (bicyclic) bond motifs is 3. The minimum Gasteiger partial charge on any atom is -0.329 e. The number of nitrogens with zero attached hydrogens (tertiary/aromatic N) is 3. The van der Waals surface area contributed by atoms with Gasteiger partial charge in [0.1, 0.15) is 0 Å². The Morgan fingerprint density at radius 2 is 2.10 bits per heavy atom. The van der Waals surface area contributed by atoms with E-state index in [-0.39, 0.29) is 0 Å². The Kier molecular flexibility index (Phi) is 2.87. The highest BCUT2D eigenvalue weighted by Crippen LogP contribution is 2.25. The van der Waals surface area contributed by atoms with Crippen molar-refractivity contribution in [1.29, 1.82) is 0 Å². The fourth-order valence-electron chi connectivity index (χ4n) is 2.58. The van der Waals surface area contributed by atoms with Crippen LogP contribution in [0.2, 0.25) is 0 Å². The smallest absolute Gasteiger partial charge is 0.178 e. The molecule has 0 aliphatic carbocycles. The minimum absolute atomic E-state index is 0.717. The van der Waals surface area contributed by atoms with E-state index in [1.54, 1.807) is 11.3 Å². The largest absolute Gasteiger partial charge is 0.329 e. The first kappa shape index (κ1) is 12.7. The number of hydrogen-bond donors (Lipinski definition) is 1. The van der Waals surface area contributed by atoms with Gasteiger partial charge in [-0.2, -0.15) is 0 Å². The number of thiazole rings is 1. The van der Waals surface area contributed by atoms with E-state index in [0.29, 0.717) is 4.77 Å². The number of rotatable bonds is 2. The Balaban J connectivity index is 2.01. The molecule has 1 aromatic carbocycles. The average molecular weight is 312 g/mol. The predicted molar refractivity (Wildman–Crippen MR) is 88.4 cm³/mol. The molecule has 4 rings (SSSR count). The molecule has 0 atom stereocenters. The normalized spacial score (nSPS) is 11.5. The van der Waals surface area contributed by atoms with Gasteiger partial charge in [-0.15, -0.1) is 11.3 Å². The number of para-hydroxylation sites is 1. The van der Waals surface area contributed by atoms with Crippen LogP contribution < -0.4 is 0 Å². The van der Waals surface area contributed by atoms with Crippen LogP contribution in [-0.4, -0.2) is 19.5 Å². The maximum atomic E-state index is 5.49. The van der Waals surface area contributed by atoms with Crippen LogP contribution in [0.25, 0.3) is 21.9 Å². The standard InChI is InChI=1S/C15H12N4S2/c1-9-16-6-10(21-9)8-19-14-11-4-2-3-5-12(11)17-7-13(14)18-15(19)20/h2-7H,8H2,1H3,(H,18,20). The summed E-state index contributed by atoms with van der Waals surface area (Å²) in [5.41, 5.74) is 3.06. The van der Waals surface area contributed by atoms with E-state index in [4.69, 9.17) is 12.2 Å². The first-order chi connectivity index (χ1) is 10.2. The van der Waals surface area contributed by atoms with Gasteiger partial charge < -0.3 is 9.55 Å². The van der Waals surface area contributed by atoms with Crippen molar-refractivity contribution in [2.45, 2.75) is 13.5 Å². The molecule has 0 radical (unpaired) electrons. The summed E-state index contributed by atoms with van der Waals surface area (Å²) in [6, 6.07) is 8.13. The van der Waals surface area contributed by atoms with Crippen LogP contribution in [0.15, 0.2) is 36.7 Å². The number of imidazole rings is 1. The molecule has 0 aliphatic heterocycles. The van der Waals surface area contributed by atoms with E-state index in [1.807, 2.05) is 37.5 Å². The number of aromatic amines is 1. The Morgan fingerprint density at radius 3 is 2.90 bits per heavy atom. The van der Waals surface area contributed by atoms with Gasteiger partial charge in [0.2, 0.25) is 0 Å². The summed E-state index contributed by atoms with van der Waals surface area (Å²) in [4.78, 5) is 13.2. The van der Waals surface area contributed by atoms with Crippen molar-refractivity contribution in [3.05, 3.63) is 51.3 Å². The van der Waals surface area contributed by atoms with Crippen LogP contribution in [0.4, 0.5) is 0 Å². The van der Waals surface area contributed by atoms with Crippen LogP contribution >= 0.6 is 23.6 Å². The van der Waals surface area contributed by atoms with E-state index < -0.39 is 0 Å². The lowest BCUT2D eigenvalue weighted by Crippen LogP contribution is -1.98. The van der Waals surface area contributed by atoms with Gasteiger partial charge in [-0.05, 0) is 25.2 Å². The second-order valence-corrected chi connectivity index (χ2v) is 6.61. The van der Waals surface area contributed by atoms with E-state index >= 15 is 0 Å². The molecule has 0 fully saturated rings. The van der Waals surface area contributed by atoms with E-state index in [1.165, 1.54) is 4.88 Å². The van der Waals surface area contributed by atoms with E-state index in [0.717, 1.165) is 33.5 Å². The van der Waals surface area contributed by atoms with Crippen LogP contribution in [0.1, 0.15) is 9.88 Å². The van der Waals surface area contributed by atoms with Crippen molar-refractivity contribution in [3.8, 4) is 0 Å². The third kappa shape index (κ3) is 2.07. The summed E-state index contributed by atoms with van der Waals surface area (Å²) in [5, 5.41) is 2.19. The van der Waals surface area contributed by atoms with Crippen molar-refractivity contribution in [2.24, 2.45) is 0 Å². The zero-order valence-electron chi connectivity index (χ0n) is 11.3. The Hall–Kier alpha value is -2.05. The van der Waals surface area contributed by atoms with Gasteiger partial charge in [0.15, 0.2) is 4.77 Å². The molecule has 0 bridgehead atoms. The minimum atomic E-state index is 0.717. The molecule has 0 unspecified atom stereocenters. The zero-order valence-corrected chi connectivity index (χ0v) is 13.0. The summed E-state index contributed by atoms with van der Waals surface area (Å²) in [7, 11) is 0. The molecule has 4 nitrogen and oxygen atoms in total. The lowest BCUT2D eigenvalue weighted by atomic mass is 10.2. The van der Waals surface area contributed by atoms with Crippen molar-refractivity contribution in [2.75, 3.05) is 0 Å². The van der Waals surface area contributed by atoms with Crippen LogP contribution in [0.5, 0.6) is 0 Å². The number of nitrogens with one attached hydrogen (secondary N) is 1. The lowest BCUT2D eigenvalue weighted by Gasteiger charge is -2.05. The van der Waals surface area contributed by atoms with Crippen molar-refractivity contribution < 1.29 is 0 Å². The molecule has 0 saturated carbocycles. The Labute approximate surface area is 130 Å². The fraction of sp³-hybridized carbons (Fsp3) is 0.133. The van der Waals surface area contributed by atoms with Crippen molar-refractivity contribution >= 4 is 45.5 Å². The van der Waals surface area contributed by atoms with Gasteiger partial charge in [0.05, 0.1) is 34.3 Å². The van der Waals surface area contributed by atoms with Crippen molar-refractivity contribution in [3.63, 3.8) is 0 Å². The Morgan fingerprint density at radius 1 is 1.24 bits per heavy atom. The number of pyridine rings is 1.